The summed E-state index contributed by atoms with van der Waals surface area (Å²) in [7, 11) is 0. The lowest BCUT2D eigenvalue weighted by atomic mass is 10.1. The molecule has 2 nitrogen and oxygen atoms in total. The Morgan fingerprint density at radius 2 is 1.93 bits per heavy atom. The summed E-state index contributed by atoms with van der Waals surface area (Å²) in [5.74, 6) is 0.612. The molecule has 14 heavy (non-hydrogen) atoms. The fraction of sp³-hybridized carbons (Fsp3) is 0.333. The zero-order valence-electron chi connectivity index (χ0n) is 8.79. The molecule has 0 saturated carbocycles. The van der Waals surface area contributed by atoms with Crippen molar-refractivity contribution in [2.45, 2.75) is 26.0 Å². The Balaban J connectivity index is 2.46. The van der Waals surface area contributed by atoms with Crippen LogP contribution in [0, 0.1) is 0 Å². The summed E-state index contributed by atoms with van der Waals surface area (Å²) >= 11 is 0. The van der Waals surface area contributed by atoms with E-state index in [4.69, 9.17) is 10.5 Å². The molecule has 0 unspecified atom stereocenters. The maximum absolute atomic E-state index is 5.82. The molecule has 0 heterocycles. The second kappa shape index (κ2) is 4.29. The predicted octanol–water partition coefficient (Wildman–Crippen LogP) is 2.45. The Bertz CT molecular complexity index is 298. The second-order valence-electron chi connectivity index (χ2n) is 3.92. The molecular formula is C12H17NO. The molecule has 0 bridgehead atoms. The van der Waals surface area contributed by atoms with Crippen molar-refractivity contribution in [2.24, 2.45) is 5.73 Å². The van der Waals surface area contributed by atoms with Gasteiger partial charge in [-0.3, -0.25) is 0 Å². The van der Waals surface area contributed by atoms with Crippen molar-refractivity contribution in [3.63, 3.8) is 0 Å². The van der Waals surface area contributed by atoms with E-state index in [0.29, 0.717) is 12.4 Å². The SMILES string of the molecule is C=C(OCc1ccccc1)C(C)(C)N. The van der Waals surface area contributed by atoms with Crippen LogP contribution in [-0.4, -0.2) is 5.54 Å². The molecule has 0 fully saturated rings. The molecule has 0 amide bonds. The van der Waals surface area contributed by atoms with Crippen LogP contribution in [0.25, 0.3) is 0 Å². The summed E-state index contributed by atoms with van der Waals surface area (Å²) in [6.07, 6.45) is 0. The van der Waals surface area contributed by atoms with Crippen molar-refractivity contribution in [1.82, 2.24) is 0 Å². The summed E-state index contributed by atoms with van der Waals surface area (Å²) < 4.78 is 5.47. The van der Waals surface area contributed by atoms with E-state index in [9.17, 15) is 0 Å². The van der Waals surface area contributed by atoms with Crippen molar-refractivity contribution in [2.75, 3.05) is 0 Å². The first-order valence-electron chi connectivity index (χ1n) is 4.65. The third kappa shape index (κ3) is 3.23. The Morgan fingerprint density at radius 1 is 1.36 bits per heavy atom. The van der Waals surface area contributed by atoms with E-state index in [2.05, 4.69) is 6.58 Å². The Kier molecular flexibility index (Phi) is 3.31. The van der Waals surface area contributed by atoms with E-state index in [1.165, 1.54) is 0 Å². The highest BCUT2D eigenvalue weighted by Gasteiger charge is 2.16. The third-order valence-corrected chi connectivity index (χ3v) is 1.97. The molecule has 0 aliphatic carbocycles. The standard InChI is InChI=1S/C12H17NO/c1-10(12(2,3)13)14-9-11-7-5-4-6-8-11/h4-8H,1,9,13H2,2-3H3. The van der Waals surface area contributed by atoms with E-state index in [-0.39, 0.29) is 0 Å². The summed E-state index contributed by atoms with van der Waals surface area (Å²) in [6.45, 7) is 8.07. The molecule has 0 atom stereocenters. The van der Waals surface area contributed by atoms with Crippen molar-refractivity contribution in [1.29, 1.82) is 0 Å². The number of ether oxygens (including phenoxy) is 1. The highest BCUT2D eigenvalue weighted by molar-refractivity contribution is 5.14. The molecule has 76 valence electrons. The Labute approximate surface area is 85.4 Å². The summed E-state index contributed by atoms with van der Waals surface area (Å²) in [5, 5.41) is 0. The van der Waals surface area contributed by atoms with Gasteiger partial charge in [-0.15, -0.1) is 0 Å². The fourth-order valence-electron chi connectivity index (χ4n) is 0.931. The summed E-state index contributed by atoms with van der Waals surface area (Å²) in [5.41, 5.74) is 6.46. The highest BCUT2D eigenvalue weighted by atomic mass is 16.5. The van der Waals surface area contributed by atoms with Crippen molar-refractivity contribution < 1.29 is 4.74 Å². The van der Waals surface area contributed by atoms with Gasteiger partial charge in [0, 0.05) is 0 Å². The van der Waals surface area contributed by atoms with Crippen molar-refractivity contribution in [3.05, 3.63) is 48.2 Å². The molecular weight excluding hydrogens is 174 g/mol. The first-order valence-corrected chi connectivity index (χ1v) is 4.65. The van der Waals surface area contributed by atoms with Crippen LogP contribution in [0.1, 0.15) is 19.4 Å². The van der Waals surface area contributed by atoms with Gasteiger partial charge in [0.1, 0.15) is 12.4 Å². The molecule has 2 N–H and O–H groups in total. The van der Waals surface area contributed by atoms with Crippen LogP contribution in [0.15, 0.2) is 42.7 Å². The van der Waals surface area contributed by atoms with Crippen LogP contribution in [0.2, 0.25) is 0 Å². The van der Waals surface area contributed by atoms with E-state index in [1.54, 1.807) is 0 Å². The number of nitrogens with two attached hydrogens (primary N) is 1. The third-order valence-electron chi connectivity index (χ3n) is 1.97. The van der Waals surface area contributed by atoms with Crippen LogP contribution < -0.4 is 5.73 Å². The monoisotopic (exact) mass is 191 g/mol. The molecule has 0 aliphatic rings. The minimum atomic E-state index is -0.477. The zero-order valence-corrected chi connectivity index (χ0v) is 8.79. The Morgan fingerprint density at radius 3 is 2.43 bits per heavy atom. The number of benzene rings is 1. The first-order chi connectivity index (χ1) is 6.50. The van der Waals surface area contributed by atoms with Gasteiger partial charge in [-0.05, 0) is 19.4 Å². The van der Waals surface area contributed by atoms with Gasteiger partial charge in [-0.25, -0.2) is 0 Å². The van der Waals surface area contributed by atoms with Gasteiger partial charge in [0.25, 0.3) is 0 Å². The van der Waals surface area contributed by atoms with Crippen LogP contribution >= 0.6 is 0 Å². The number of rotatable bonds is 4. The molecule has 1 aromatic rings. The first kappa shape index (κ1) is 10.8. The number of hydrogen-bond acceptors (Lipinski definition) is 2. The van der Waals surface area contributed by atoms with E-state index < -0.39 is 5.54 Å². The topological polar surface area (TPSA) is 35.2 Å². The van der Waals surface area contributed by atoms with Crippen LogP contribution in [0.3, 0.4) is 0 Å². The van der Waals surface area contributed by atoms with Gasteiger partial charge in [-0.1, -0.05) is 36.9 Å². The van der Waals surface area contributed by atoms with E-state index >= 15 is 0 Å². The largest absolute Gasteiger partial charge is 0.492 e. The second-order valence-corrected chi connectivity index (χ2v) is 3.92. The van der Waals surface area contributed by atoms with Crippen molar-refractivity contribution >= 4 is 0 Å². The van der Waals surface area contributed by atoms with Gasteiger partial charge in [0.15, 0.2) is 0 Å². The van der Waals surface area contributed by atoms with Crippen molar-refractivity contribution in [3.8, 4) is 0 Å². The normalized spacial score (nSPS) is 11.1. The minimum absolute atomic E-state index is 0.477. The van der Waals surface area contributed by atoms with Crippen LogP contribution in [0.4, 0.5) is 0 Å². The average Bonchev–Trinajstić information content (AvgIpc) is 2.14. The average molecular weight is 191 g/mol. The molecule has 1 rings (SSSR count). The summed E-state index contributed by atoms with van der Waals surface area (Å²) in [4.78, 5) is 0. The van der Waals surface area contributed by atoms with Gasteiger partial charge >= 0.3 is 0 Å². The Hall–Kier alpha value is -1.28. The van der Waals surface area contributed by atoms with Gasteiger partial charge in [0.2, 0.25) is 0 Å². The van der Waals surface area contributed by atoms with Crippen LogP contribution in [0.5, 0.6) is 0 Å². The summed E-state index contributed by atoms with van der Waals surface area (Å²) in [6, 6.07) is 9.96. The lowest BCUT2D eigenvalue weighted by Crippen LogP contribution is -2.34. The number of hydrogen-bond donors (Lipinski definition) is 1. The smallest absolute Gasteiger partial charge is 0.113 e. The predicted molar refractivity (Wildman–Crippen MR) is 58.6 cm³/mol. The molecule has 0 aliphatic heterocycles. The van der Waals surface area contributed by atoms with Gasteiger partial charge < -0.3 is 10.5 Å². The lowest BCUT2D eigenvalue weighted by molar-refractivity contribution is 0.163. The minimum Gasteiger partial charge on any atom is -0.492 e. The van der Waals surface area contributed by atoms with E-state index in [0.717, 1.165) is 5.56 Å². The molecule has 0 saturated heterocycles. The zero-order chi connectivity index (χ0) is 10.6. The quantitative estimate of drug-likeness (QED) is 0.742. The molecule has 0 radical (unpaired) electrons. The molecule has 2 heteroatoms. The van der Waals surface area contributed by atoms with E-state index in [1.807, 2.05) is 44.2 Å². The lowest BCUT2D eigenvalue weighted by Gasteiger charge is -2.22. The maximum atomic E-state index is 5.82. The van der Waals surface area contributed by atoms with Crippen LogP contribution in [-0.2, 0) is 11.3 Å². The highest BCUT2D eigenvalue weighted by Crippen LogP contribution is 2.13. The van der Waals surface area contributed by atoms with Gasteiger partial charge in [0.05, 0.1) is 5.54 Å². The maximum Gasteiger partial charge on any atom is 0.113 e. The van der Waals surface area contributed by atoms with Gasteiger partial charge in [-0.2, -0.15) is 0 Å². The molecule has 1 aromatic carbocycles. The molecule has 0 spiro atoms. The molecule has 0 aromatic heterocycles. The fourth-order valence-corrected chi connectivity index (χ4v) is 0.931.